The van der Waals surface area contributed by atoms with Crippen molar-refractivity contribution in [2.75, 3.05) is 20.3 Å². The van der Waals surface area contributed by atoms with Gasteiger partial charge in [0.05, 0.1) is 13.7 Å². The molecule has 0 fully saturated rings. The molecular weight excluding hydrogens is 250 g/mol. The maximum Gasteiger partial charge on any atom is 0.124 e. The Bertz CT molecular complexity index is 396. The Morgan fingerprint density at radius 1 is 1.20 bits per heavy atom. The summed E-state index contributed by atoms with van der Waals surface area (Å²) in [5.74, 6) is 0.904. The standard InChI is InChI=1S/C17H29NO2/c1-6-18-12-14-7-8-16(19-5)15(11-14)13-20-10-9-17(2,3)4/h7-8,11,18H,6,9-10,12-13H2,1-5H3. The molecule has 3 nitrogen and oxygen atoms in total. The summed E-state index contributed by atoms with van der Waals surface area (Å²) < 4.78 is 11.2. The molecule has 0 amide bonds. The van der Waals surface area contributed by atoms with Gasteiger partial charge in [-0.05, 0) is 36.1 Å². The number of nitrogens with one attached hydrogen (secondary N) is 1. The first-order chi connectivity index (χ1) is 9.46. The van der Waals surface area contributed by atoms with Crippen LogP contribution >= 0.6 is 0 Å². The zero-order valence-electron chi connectivity index (χ0n) is 13.6. The Balaban J connectivity index is 2.57. The summed E-state index contributed by atoms with van der Waals surface area (Å²) in [6, 6.07) is 6.29. The van der Waals surface area contributed by atoms with E-state index in [2.05, 4.69) is 45.1 Å². The molecule has 0 saturated carbocycles. The summed E-state index contributed by atoms with van der Waals surface area (Å²) in [5, 5.41) is 3.33. The zero-order chi connectivity index (χ0) is 15.0. The smallest absolute Gasteiger partial charge is 0.124 e. The molecule has 0 aromatic heterocycles. The molecule has 1 rings (SSSR count). The molecule has 0 aliphatic carbocycles. The molecule has 0 saturated heterocycles. The predicted molar refractivity (Wildman–Crippen MR) is 84.1 cm³/mol. The van der Waals surface area contributed by atoms with Crippen LogP contribution in [0, 0.1) is 5.41 Å². The third kappa shape index (κ3) is 6.40. The van der Waals surface area contributed by atoms with Gasteiger partial charge in [-0.3, -0.25) is 0 Å². The average Bonchev–Trinajstić information content (AvgIpc) is 2.40. The highest BCUT2D eigenvalue weighted by molar-refractivity contribution is 5.36. The molecular formula is C17H29NO2. The van der Waals surface area contributed by atoms with Crippen molar-refractivity contribution < 1.29 is 9.47 Å². The van der Waals surface area contributed by atoms with Crippen molar-refractivity contribution in [2.24, 2.45) is 5.41 Å². The first-order valence-corrected chi connectivity index (χ1v) is 7.40. The Hall–Kier alpha value is -1.06. The third-order valence-corrected chi connectivity index (χ3v) is 3.18. The minimum absolute atomic E-state index is 0.316. The summed E-state index contributed by atoms with van der Waals surface area (Å²) in [7, 11) is 1.71. The summed E-state index contributed by atoms with van der Waals surface area (Å²) >= 11 is 0. The second-order valence-corrected chi connectivity index (χ2v) is 6.29. The fraction of sp³-hybridized carbons (Fsp3) is 0.647. The van der Waals surface area contributed by atoms with Crippen LogP contribution in [-0.4, -0.2) is 20.3 Å². The van der Waals surface area contributed by atoms with E-state index in [1.165, 1.54) is 5.56 Å². The minimum Gasteiger partial charge on any atom is -0.496 e. The van der Waals surface area contributed by atoms with Crippen LogP contribution < -0.4 is 10.1 Å². The van der Waals surface area contributed by atoms with Gasteiger partial charge in [-0.1, -0.05) is 33.8 Å². The summed E-state index contributed by atoms with van der Waals surface area (Å²) in [6.45, 7) is 12.1. The maximum atomic E-state index is 5.80. The molecule has 114 valence electrons. The molecule has 0 aliphatic heterocycles. The van der Waals surface area contributed by atoms with E-state index >= 15 is 0 Å². The van der Waals surface area contributed by atoms with Gasteiger partial charge < -0.3 is 14.8 Å². The van der Waals surface area contributed by atoms with Crippen LogP contribution in [0.4, 0.5) is 0 Å². The number of hydrogen-bond donors (Lipinski definition) is 1. The molecule has 0 radical (unpaired) electrons. The lowest BCUT2D eigenvalue weighted by molar-refractivity contribution is 0.0947. The summed E-state index contributed by atoms with van der Waals surface area (Å²) in [4.78, 5) is 0. The van der Waals surface area contributed by atoms with Crippen molar-refractivity contribution in [1.82, 2.24) is 5.32 Å². The third-order valence-electron chi connectivity index (χ3n) is 3.18. The van der Waals surface area contributed by atoms with Crippen molar-refractivity contribution in [2.45, 2.75) is 47.3 Å². The van der Waals surface area contributed by atoms with E-state index in [1.54, 1.807) is 7.11 Å². The second-order valence-electron chi connectivity index (χ2n) is 6.29. The summed E-state index contributed by atoms with van der Waals surface area (Å²) in [6.07, 6.45) is 1.06. The number of hydrogen-bond acceptors (Lipinski definition) is 3. The Kier molecular flexibility index (Phi) is 7.03. The van der Waals surface area contributed by atoms with Gasteiger partial charge in [-0.25, -0.2) is 0 Å². The van der Waals surface area contributed by atoms with Gasteiger partial charge in [-0.15, -0.1) is 0 Å². The molecule has 1 aromatic carbocycles. The van der Waals surface area contributed by atoms with Crippen molar-refractivity contribution in [3.05, 3.63) is 29.3 Å². The Labute approximate surface area is 123 Å². The van der Waals surface area contributed by atoms with Gasteiger partial charge in [0.15, 0.2) is 0 Å². The Morgan fingerprint density at radius 2 is 1.95 bits per heavy atom. The topological polar surface area (TPSA) is 30.5 Å². The van der Waals surface area contributed by atoms with E-state index in [9.17, 15) is 0 Å². The number of ether oxygens (including phenoxy) is 2. The van der Waals surface area contributed by atoms with Crippen LogP contribution in [-0.2, 0) is 17.9 Å². The molecule has 1 N–H and O–H groups in total. The van der Waals surface area contributed by atoms with Crippen LogP contribution in [0.5, 0.6) is 5.75 Å². The van der Waals surface area contributed by atoms with Gasteiger partial charge in [0, 0.05) is 18.7 Å². The second kappa shape index (κ2) is 8.28. The molecule has 0 atom stereocenters. The molecule has 1 aromatic rings. The highest BCUT2D eigenvalue weighted by Gasteiger charge is 2.10. The van der Waals surface area contributed by atoms with Crippen molar-refractivity contribution >= 4 is 0 Å². The van der Waals surface area contributed by atoms with E-state index in [-0.39, 0.29) is 0 Å². The molecule has 0 unspecified atom stereocenters. The number of methoxy groups -OCH3 is 1. The van der Waals surface area contributed by atoms with Gasteiger partial charge >= 0.3 is 0 Å². The van der Waals surface area contributed by atoms with Crippen LogP contribution in [0.3, 0.4) is 0 Å². The van der Waals surface area contributed by atoms with Crippen LogP contribution in [0.2, 0.25) is 0 Å². The van der Waals surface area contributed by atoms with Crippen LogP contribution in [0.1, 0.15) is 45.2 Å². The average molecular weight is 279 g/mol. The lowest BCUT2D eigenvalue weighted by atomic mass is 9.93. The number of rotatable bonds is 8. The molecule has 0 spiro atoms. The fourth-order valence-corrected chi connectivity index (χ4v) is 1.88. The molecule has 3 heteroatoms. The van der Waals surface area contributed by atoms with Gasteiger partial charge in [0.25, 0.3) is 0 Å². The maximum absolute atomic E-state index is 5.80. The summed E-state index contributed by atoms with van der Waals surface area (Å²) in [5.41, 5.74) is 2.70. The molecule has 20 heavy (non-hydrogen) atoms. The van der Waals surface area contributed by atoms with E-state index in [4.69, 9.17) is 9.47 Å². The predicted octanol–water partition coefficient (Wildman–Crippen LogP) is 3.76. The largest absolute Gasteiger partial charge is 0.496 e. The van der Waals surface area contributed by atoms with Gasteiger partial charge in [0.1, 0.15) is 5.75 Å². The van der Waals surface area contributed by atoms with Crippen molar-refractivity contribution in [1.29, 1.82) is 0 Å². The van der Waals surface area contributed by atoms with Crippen molar-refractivity contribution in [3.8, 4) is 5.75 Å². The quantitative estimate of drug-likeness (QED) is 0.735. The van der Waals surface area contributed by atoms with E-state index in [0.29, 0.717) is 12.0 Å². The van der Waals surface area contributed by atoms with E-state index in [0.717, 1.165) is 37.4 Å². The lowest BCUT2D eigenvalue weighted by Gasteiger charge is -2.18. The van der Waals surface area contributed by atoms with Gasteiger partial charge in [0.2, 0.25) is 0 Å². The first kappa shape index (κ1) is 17.0. The van der Waals surface area contributed by atoms with Crippen LogP contribution in [0.25, 0.3) is 0 Å². The SMILES string of the molecule is CCNCc1ccc(OC)c(COCCC(C)(C)C)c1. The highest BCUT2D eigenvalue weighted by atomic mass is 16.5. The Morgan fingerprint density at radius 3 is 2.55 bits per heavy atom. The molecule has 0 bridgehead atoms. The number of benzene rings is 1. The normalized spacial score (nSPS) is 11.7. The van der Waals surface area contributed by atoms with E-state index in [1.807, 2.05) is 6.07 Å². The van der Waals surface area contributed by atoms with Crippen LogP contribution in [0.15, 0.2) is 18.2 Å². The zero-order valence-corrected chi connectivity index (χ0v) is 13.6. The minimum atomic E-state index is 0.316. The first-order valence-electron chi connectivity index (χ1n) is 7.40. The monoisotopic (exact) mass is 279 g/mol. The lowest BCUT2D eigenvalue weighted by Crippen LogP contribution is -2.12. The fourth-order valence-electron chi connectivity index (χ4n) is 1.88. The molecule has 0 heterocycles. The van der Waals surface area contributed by atoms with Gasteiger partial charge in [-0.2, -0.15) is 0 Å². The van der Waals surface area contributed by atoms with E-state index < -0.39 is 0 Å². The molecule has 0 aliphatic rings. The highest BCUT2D eigenvalue weighted by Crippen LogP contribution is 2.22. The van der Waals surface area contributed by atoms with Crippen molar-refractivity contribution in [3.63, 3.8) is 0 Å².